The number of anilines is 1. The smallest absolute Gasteiger partial charge is 0.238 e. The van der Waals surface area contributed by atoms with Gasteiger partial charge in [0.1, 0.15) is 0 Å². The average Bonchev–Trinajstić information content (AvgIpc) is 2.47. The summed E-state index contributed by atoms with van der Waals surface area (Å²) in [7, 11) is -2.17. The number of benzene rings is 1. The van der Waals surface area contributed by atoms with Crippen molar-refractivity contribution < 1.29 is 13.2 Å². The van der Waals surface area contributed by atoms with Crippen LogP contribution in [0.25, 0.3) is 0 Å². The summed E-state index contributed by atoms with van der Waals surface area (Å²) in [4.78, 5) is 4.19. The van der Waals surface area contributed by atoms with Crippen molar-refractivity contribution >= 4 is 15.7 Å². The quantitative estimate of drug-likeness (QED) is 0.880. The van der Waals surface area contributed by atoms with E-state index in [4.69, 9.17) is 9.88 Å². The lowest BCUT2D eigenvalue weighted by molar-refractivity contribution is 0.399. The maximum atomic E-state index is 11.4. The summed E-state index contributed by atoms with van der Waals surface area (Å²) in [6.45, 7) is 1.91. The normalized spacial score (nSPS) is 12.7. The summed E-state index contributed by atoms with van der Waals surface area (Å²) in [5, 5.41) is 8.38. The van der Waals surface area contributed by atoms with Gasteiger partial charge in [-0.3, -0.25) is 0 Å². The van der Waals surface area contributed by atoms with Crippen LogP contribution in [0, 0.1) is 0 Å². The van der Waals surface area contributed by atoms with E-state index < -0.39 is 10.0 Å². The summed E-state index contributed by atoms with van der Waals surface area (Å²) in [6.07, 6.45) is 1.64. The molecule has 0 radical (unpaired) electrons. The molecule has 0 bridgehead atoms. The molecular formula is C14H17N3O3S. The number of hydrogen-bond donors (Lipinski definition) is 2. The Kier molecular flexibility index (Phi) is 4.44. The maximum absolute atomic E-state index is 11.4. The van der Waals surface area contributed by atoms with E-state index in [1.807, 2.05) is 19.1 Å². The Morgan fingerprint density at radius 1 is 1.29 bits per heavy atom. The number of ether oxygens (including phenoxy) is 1. The lowest BCUT2D eigenvalue weighted by atomic mass is 10.1. The molecule has 1 aromatic carbocycles. The number of hydrogen-bond acceptors (Lipinski definition) is 5. The van der Waals surface area contributed by atoms with Gasteiger partial charge in [0, 0.05) is 12.2 Å². The lowest BCUT2D eigenvalue weighted by Crippen LogP contribution is -2.14. The molecule has 1 aromatic heterocycles. The number of methoxy groups -OCH3 is 1. The third-order valence-electron chi connectivity index (χ3n) is 3.02. The number of aromatic nitrogens is 1. The predicted octanol–water partition coefficient (Wildman–Crippen LogP) is 1.91. The van der Waals surface area contributed by atoms with Crippen molar-refractivity contribution in [3.8, 4) is 5.88 Å². The van der Waals surface area contributed by atoms with Crippen LogP contribution in [0.4, 0.5) is 5.69 Å². The van der Waals surface area contributed by atoms with E-state index >= 15 is 0 Å². The third-order valence-corrected chi connectivity index (χ3v) is 3.93. The molecule has 6 nitrogen and oxygen atoms in total. The monoisotopic (exact) mass is 307 g/mol. The molecule has 21 heavy (non-hydrogen) atoms. The molecule has 2 rings (SSSR count). The molecule has 0 aliphatic heterocycles. The second-order valence-corrected chi connectivity index (χ2v) is 6.11. The molecule has 0 saturated carbocycles. The molecular weight excluding hydrogens is 290 g/mol. The van der Waals surface area contributed by atoms with E-state index in [1.165, 1.54) is 6.07 Å². The van der Waals surface area contributed by atoms with E-state index in [-0.39, 0.29) is 10.9 Å². The average molecular weight is 307 g/mol. The van der Waals surface area contributed by atoms with Crippen LogP contribution in [0.2, 0.25) is 0 Å². The van der Waals surface area contributed by atoms with Crippen molar-refractivity contribution in [2.24, 2.45) is 5.14 Å². The highest BCUT2D eigenvalue weighted by molar-refractivity contribution is 7.89. The summed E-state index contributed by atoms with van der Waals surface area (Å²) >= 11 is 0. The zero-order chi connectivity index (χ0) is 15.5. The van der Waals surface area contributed by atoms with Crippen molar-refractivity contribution in [1.82, 2.24) is 4.98 Å². The molecule has 0 aliphatic carbocycles. The van der Waals surface area contributed by atoms with Gasteiger partial charge < -0.3 is 10.1 Å². The first kappa shape index (κ1) is 15.3. The highest BCUT2D eigenvalue weighted by Crippen LogP contribution is 2.26. The maximum Gasteiger partial charge on any atom is 0.238 e. The van der Waals surface area contributed by atoms with Gasteiger partial charge in [0.25, 0.3) is 0 Å². The van der Waals surface area contributed by atoms with E-state index in [1.54, 1.807) is 31.5 Å². The highest BCUT2D eigenvalue weighted by atomic mass is 32.2. The first-order valence-corrected chi connectivity index (χ1v) is 7.85. The van der Waals surface area contributed by atoms with Crippen LogP contribution in [0.5, 0.6) is 5.88 Å². The van der Waals surface area contributed by atoms with Crippen molar-refractivity contribution in [2.45, 2.75) is 17.9 Å². The molecule has 112 valence electrons. The number of sulfonamides is 1. The van der Waals surface area contributed by atoms with E-state index in [0.29, 0.717) is 5.88 Å². The molecule has 1 heterocycles. The number of nitrogens with one attached hydrogen (secondary N) is 1. The largest absolute Gasteiger partial charge is 0.480 e. The molecule has 0 fully saturated rings. The number of pyridine rings is 1. The first-order valence-electron chi connectivity index (χ1n) is 6.30. The van der Waals surface area contributed by atoms with Crippen LogP contribution >= 0.6 is 0 Å². The van der Waals surface area contributed by atoms with Gasteiger partial charge in [-0.25, -0.2) is 18.5 Å². The van der Waals surface area contributed by atoms with Crippen LogP contribution in [-0.4, -0.2) is 20.5 Å². The van der Waals surface area contributed by atoms with Crippen molar-refractivity contribution in [1.29, 1.82) is 0 Å². The van der Waals surface area contributed by atoms with E-state index in [0.717, 1.165) is 11.3 Å². The molecule has 2 aromatic rings. The summed E-state index contributed by atoms with van der Waals surface area (Å²) in [6, 6.07) is 10.0. The van der Waals surface area contributed by atoms with Gasteiger partial charge in [-0.15, -0.1) is 0 Å². The van der Waals surface area contributed by atoms with Crippen LogP contribution in [0.1, 0.15) is 18.5 Å². The van der Waals surface area contributed by atoms with E-state index in [2.05, 4.69) is 10.3 Å². The van der Waals surface area contributed by atoms with Crippen molar-refractivity contribution in [2.75, 3.05) is 12.4 Å². The first-order chi connectivity index (χ1) is 9.91. The summed E-state index contributed by atoms with van der Waals surface area (Å²) in [5.41, 5.74) is 1.53. The van der Waals surface area contributed by atoms with Gasteiger partial charge in [-0.05, 0) is 36.8 Å². The van der Waals surface area contributed by atoms with Crippen molar-refractivity contribution in [3.63, 3.8) is 0 Å². The van der Waals surface area contributed by atoms with Gasteiger partial charge >= 0.3 is 0 Å². The second-order valence-electron chi connectivity index (χ2n) is 4.54. The third kappa shape index (κ3) is 3.71. The summed E-state index contributed by atoms with van der Waals surface area (Å²) in [5.74, 6) is 0.479. The Morgan fingerprint density at radius 3 is 2.71 bits per heavy atom. The topological polar surface area (TPSA) is 94.3 Å². The van der Waals surface area contributed by atoms with Crippen LogP contribution in [0.15, 0.2) is 47.5 Å². The van der Waals surface area contributed by atoms with Gasteiger partial charge in [-0.1, -0.05) is 12.1 Å². The molecule has 7 heteroatoms. The fourth-order valence-electron chi connectivity index (χ4n) is 1.94. The molecule has 0 aliphatic rings. The number of nitrogens with two attached hydrogens (primary N) is 1. The minimum absolute atomic E-state index is 0.0896. The van der Waals surface area contributed by atoms with Crippen molar-refractivity contribution in [3.05, 3.63) is 48.2 Å². The zero-order valence-corrected chi connectivity index (χ0v) is 12.6. The minimum Gasteiger partial charge on any atom is -0.480 e. The van der Waals surface area contributed by atoms with Gasteiger partial charge in [0.15, 0.2) is 0 Å². The van der Waals surface area contributed by atoms with Crippen LogP contribution < -0.4 is 15.2 Å². The predicted molar refractivity (Wildman–Crippen MR) is 80.6 cm³/mol. The van der Waals surface area contributed by atoms with E-state index in [9.17, 15) is 8.42 Å². The Labute approximate surface area is 124 Å². The highest BCUT2D eigenvalue weighted by Gasteiger charge is 2.13. The fourth-order valence-corrected chi connectivity index (χ4v) is 2.51. The van der Waals surface area contributed by atoms with Gasteiger partial charge in [0.05, 0.1) is 17.7 Å². The molecule has 0 saturated heterocycles. The molecule has 1 unspecified atom stereocenters. The molecule has 0 amide bonds. The zero-order valence-electron chi connectivity index (χ0n) is 11.8. The molecule has 3 N–H and O–H groups in total. The Morgan fingerprint density at radius 2 is 2.05 bits per heavy atom. The number of rotatable bonds is 5. The van der Waals surface area contributed by atoms with Gasteiger partial charge in [0.2, 0.25) is 15.9 Å². The SMILES string of the molecule is COc1ncccc1NC(C)c1cccc(S(N)(=O)=O)c1. The summed E-state index contributed by atoms with van der Waals surface area (Å²) < 4.78 is 28.0. The Hall–Kier alpha value is -2.12. The Bertz CT molecular complexity index is 732. The number of nitrogens with zero attached hydrogens (tertiary/aromatic N) is 1. The number of primary sulfonamides is 1. The second kappa shape index (κ2) is 6.11. The standard InChI is InChI=1S/C14H17N3O3S/c1-10(17-13-7-4-8-16-14(13)20-2)11-5-3-6-12(9-11)21(15,18)19/h3-10,17H,1-2H3,(H2,15,18,19). The fraction of sp³-hybridized carbons (Fsp3) is 0.214. The van der Waals surface area contributed by atoms with Gasteiger partial charge in [-0.2, -0.15) is 0 Å². The lowest BCUT2D eigenvalue weighted by Gasteiger charge is -2.17. The molecule has 1 atom stereocenters. The Balaban J connectivity index is 2.27. The van der Waals surface area contributed by atoms with Crippen LogP contribution in [-0.2, 0) is 10.0 Å². The van der Waals surface area contributed by atoms with Crippen LogP contribution in [0.3, 0.4) is 0 Å². The molecule has 0 spiro atoms. The minimum atomic E-state index is -3.71.